The SMILES string of the molecule is CCCCCC[NH2+][C@@H](C)c1nc2cc(Cl)ccc2c(=O)n1CC. The summed E-state index contributed by atoms with van der Waals surface area (Å²) in [5.41, 5.74) is 0.712. The summed E-state index contributed by atoms with van der Waals surface area (Å²) in [5.74, 6) is 0.836. The maximum absolute atomic E-state index is 12.7. The molecule has 0 amide bonds. The molecule has 2 aromatic rings. The van der Waals surface area contributed by atoms with Crippen molar-refractivity contribution in [3.8, 4) is 0 Å². The third-order valence-corrected chi connectivity index (χ3v) is 4.48. The van der Waals surface area contributed by atoms with Gasteiger partial charge in [0.2, 0.25) is 0 Å². The normalized spacial score (nSPS) is 12.7. The number of benzene rings is 1. The van der Waals surface area contributed by atoms with Crippen LogP contribution in [0.25, 0.3) is 10.9 Å². The smallest absolute Gasteiger partial charge is 0.261 e. The van der Waals surface area contributed by atoms with E-state index in [0.29, 0.717) is 22.5 Å². The maximum atomic E-state index is 12.7. The number of halogens is 1. The Hall–Kier alpha value is -1.39. The summed E-state index contributed by atoms with van der Waals surface area (Å²) in [6.07, 6.45) is 5.00. The zero-order valence-electron chi connectivity index (χ0n) is 14.3. The molecule has 1 heterocycles. The Labute approximate surface area is 142 Å². The second-order valence-electron chi connectivity index (χ2n) is 6.05. The monoisotopic (exact) mass is 336 g/mol. The number of nitrogens with two attached hydrogens (primary N) is 1. The van der Waals surface area contributed by atoms with Crippen molar-refractivity contribution >= 4 is 22.5 Å². The molecule has 0 spiro atoms. The van der Waals surface area contributed by atoms with Crippen molar-refractivity contribution in [1.82, 2.24) is 9.55 Å². The van der Waals surface area contributed by atoms with Gasteiger partial charge in [-0.2, -0.15) is 0 Å². The molecule has 0 bridgehead atoms. The third kappa shape index (κ3) is 4.33. The van der Waals surface area contributed by atoms with Gasteiger partial charge in [0.25, 0.3) is 5.56 Å². The van der Waals surface area contributed by atoms with Gasteiger partial charge < -0.3 is 5.32 Å². The number of quaternary nitrogens is 1. The fourth-order valence-corrected chi connectivity index (χ4v) is 3.08. The second kappa shape index (κ2) is 8.46. The van der Waals surface area contributed by atoms with E-state index in [1.54, 1.807) is 22.8 Å². The molecule has 5 heteroatoms. The highest BCUT2D eigenvalue weighted by Crippen LogP contribution is 2.17. The molecule has 0 radical (unpaired) electrons. The van der Waals surface area contributed by atoms with E-state index in [2.05, 4.69) is 19.2 Å². The molecule has 23 heavy (non-hydrogen) atoms. The first-order valence-electron chi connectivity index (χ1n) is 8.61. The van der Waals surface area contributed by atoms with Crippen LogP contribution < -0.4 is 10.9 Å². The van der Waals surface area contributed by atoms with Gasteiger partial charge in [-0.05, 0) is 44.9 Å². The highest BCUT2D eigenvalue weighted by molar-refractivity contribution is 6.31. The first kappa shape index (κ1) is 18.0. The van der Waals surface area contributed by atoms with Crippen molar-refractivity contribution in [3.63, 3.8) is 0 Å². The highest BCUT2D eigenvalue weighted by Gasteiger charge is 2.18. The zero-order valence-corrected chi connectivity index (χ0v) is 15.1. The number of aromatic nitrogens is 2. The number of rotatable bonds is 8. The summed E-state index contributed by atoms with van der Waals surface area (Å²) in [6, 6.07) is 5.45. The van der Waals surface area contributed by atoms with E-state index in [9.17, 15) is 4.79 Å². The lowest BCUT2D eigenvalue weighted by Gasteiger charge is -2.16. The highest BCUT2D eigenvalue weighted by atomic mass is 35.5. The van der Waals surface area contributed by atoms with Crippen LogP contribution >= 0.6 is 11.6 Å². The molecular formula is C18H27ClN3O+. The predicted molar refractivity (Wildman–Crippen MR) is 96.0 cm³/mol. The molecule has 1 aromatic heterocycles. The standard InChI is InChI=1S/C18H26ClN3O/c1-4-6-7-8-11-20-13(3)17-21-16-12-14(19)9-10-15(16)18(23)22(17)5-2/h9-10,12-13,20H,4-8,11H2,1-3H3/p+1/t13-/m0/s1. The van der Waals surface area contributed by atoms with Crippen molar-refractivity contribution in [1.29, 1.82) is 0 Å². The van der Waals surface area contributed by atoms with E-state index in [4.69, 9.17) is 16.6 Å². The first-order valence-corrected chi connectivity index (χ1v) is 8.99. The van der Waals surface area contributed by atoms with Gasteiger partial charge in [-0.1, -0.05) is 31.4 Å². The molecule has 2 N–H and O–H groups in total. The molecule has 126 valence electrons. The Balaban J connectivity index is 2.26. The zero-order chi connectivity index (χ0) is 16.8. The minimum Gasteiger partial charge on any atom is -0.338 e. The van der Waals surface area contributed by atoms with Gasteiger partial charge in [-0.25, -0.2) is 4.98 Å². The Bertz CT molecular complexity index is 711. The van der Waals surface area contributed by atoms with E-state index < -0.39 is 0 Å². The summed E-state index contributed by atoms with van der Waals surface area (Å²) >= 11 is 6.05. The predicted octanol–water partition coefficient (Wildman–Crippen LogP) is 3.27. The van der Waals surface area contributed by atoms with E-state index in [1.165, 1.54) is 25.7 Å². The fourth-order valence-electron chi connectivity index (χ4n) is 2.91. The molecule has 0 aliphatic heterocycles. The first-order chi connectivity index (χ1) is 11.1. The molecule has 0 unspecified atom stereocenters. The van der Waals surface area contributed by atoms with Crippen molar-refractivity contribution in [2.24, 2.45) is 0 Å². The van der Waals surface area contributed by atoms with Crippen LogP contribution in [0.4, 0.5) is 0 Å². The minimum absolute atomic E-state index is 0.0235. The molecule has 2 rings (SSSR count). The Morgan fingerprint density at radius 2 is 2.04 bits per heavy atom. The minimum atomic E-state index is 0.0235. The topological polar surface area (TPSA) is 51.5 Å². The second-order valence-corrected chi connectivity index (χ2v) is 6.49. The average molecular weight is 337 g/mol. The van der Waals surface area contributed by atoms with E-state index in [1.807, 2.05) is 6.92 Å². The van der Waals surface area contributed by atoms with E-state index in [0.717, 1.165) is 12.4 Å². The molecule has 1 aromatic carbocycles. The molecule has 0 aliphatic carbocycles. The quantitative estimate of drug-likeness (QED) is 0.752. The van der Waals surface area contributed by atoms with Crippen molar-refractivity contribution in [3.05, 3.63) is 39.4 Å². The van der Waals surface area contributed by atoms with Crippen LogP contribution in [-0.4, -0.2) is 16.1 Å². The van der Waals surface area contributed by atoms with Crippen LogP contribution in [-0.2, 0) is 6.54 Å². The van der Waals surface area contributed by atoms with Gasteiger partial charge in [-0.3, -0.25) is 9.36 Å². The van der Waals surface area contributed by atoms with Gasteiger partial charge in [0.15, 0.2) is 5.82 Å². The van der Waals surface area contributed by atoms with Gasteiger partial charge in [0.05, 0.1) is 17.4 Å². The van der Waals surface area contributed by atoms with Gasteiger partial charge >= 0.3 is 0 Å². The van der Waals surface area contributed by atoms with E-state index >= 15 is 0 Å². The summed E-state index contributed by atoms with van der Waals surface area (Å²) < 4.78 is 1.78. The van der Waals surface area contributed by atoms with Crippen molar-refractivity contribution < 1.29 is 5.32 Å². The number of unbranched alkanes of at least 4 members (excludes halogenated alkanes) is 3. The van der Waals surface area contributed by atoms with Crippen molar-refractivity contribution in [2.75, 3.05) is 6.54 Å². The number of hydrogen-bond donors (Lipinski definition) is 1. The largest absolute Gasteiger partial charge is 0.338 e. The molecule has 4 nitrogen and oxygen atoms in total. The van der Waals surface area contributed by atoms with Crippen molar-refractivity contribution in [2.45, 2.75) is 59.0 Å². The summed E-state index contributed by atoms with van der Waals surface area (Å²) in [4.78, 5) is 17.4. The Morgan fingerprint density at radius 1 is 1.26 bits per heavy atom. The van der Waals surface area contributed by atoms with E-state index in [-0.39, 0.29) is 11.6 Å². The summed E-state index contributed by atoms with van der Waals surface area (Å²) in [5, 5.41) is 3.52. The summed E-state index contributed by atoms with van der Waals surface area (Å²) in [7, 11) is 0. The fraction of sp³-hybridized carbons (Fsp3) is 0.556. The Morgan fingerprint density at radius 3 is 2.74 bits per heavy atom. The molecule has 0 fully saturated rings. The van der Waals surface area contributed by atoms with Crippen LogP contribution in [0.1, 0.15) is 58.3 Å². The lowest BCUT2D eigenvalue weighted by molar-refractivity contribution is -0.694. The van der Waals surface area contributed by atoms with Crippen LogP contribution in [0.5, 0.6) is 0 Å². The summed E-state index contributed by atoms with van der Waals surface area (Å²) in [6.45, 7) is 8.02. The van der Waals surface area contributed by atoms with Crippen LogP contribution in [0.2, 0.25) is 5.02 Å². The van der Waals surface area contributed by atoms with Crippen LogP contribution in [0.15, 0.2) is 23.0 Å². The van der Waals surface area contributed by atoms with Gasteiger partial charge in [-0.15, -0.1) is 0 Å². The van der Waals surface area contributed by atoms with Crippen LogP contribution in [0.3, 0.4) is 0 Å². The van der Waals surface area contributed by atoms with Crippen LogP contribution in [0, 0.1) is 0 Å². The molecule has 0 saturated carbocycles. The Kier molecular flexibility index (Phi) is 6.60. The number of hydrogen-bond acceptors (Lipinski definition) is 2. The number of fused-ring (bicyclic) bond motifs is 1. The lowest BCUT2D eigenvalue weighted by atomic mass is 10.2. The average Bonchev–Trinajstić information content (AvgIpc) is 2.54. The molecule has 1 atom stereocenters. The maximum Gasteiger partial charge on any atom is 0.261 e. The van der Waals surface area contributed by atoms with Gasteiger partial charge in [0.1, 0.15) is 6.04 Å². The lowest BCUT2D eigenvalue weighted by Crippen LogP contribution is -2.85. The molecule has 0 aliphatic rings. The van der Waals surface area contributed by atoms with Gasteiger partial charge in [0, 0.05) is 11.6 Å². The third-order valence-electron chi connectivity index (χ3n) is 4.25. The molecular weight excluding hydrogens is 310 g/mol. The number of nitrogens with zero attached hydrogens (tertiary/aromatic N) is 2. The molecule has 0 saturated heterocycles.